The molecule has 3 nitrogen and oxygen atoms in total. The van der Waals surface area contributed by atoms with Gasteiger partial charge in [-0.05, 0) is 37.5 Å². The molecule has 1 heterocycles. The van der Waals surface area contributed by atoms with Crippen LogP contribution in [0.1, 0.15) is 40.2 Å². The number of rotatable bonds is 3. The Bertz CT molecular complexity index is 733. The van der Waals surface area contributed by atoms with Crippen LogP contribution in [0.25, 0.3) is 10.9 Å². The first-order valence-electron chi connectivity index (χ1n) is 7.72. The summed E-state index contributed by atoms with van der Waals surface area (Å²) in [4.78, 5) is 9.83. The molecular formula is C18H23F3N2O. The highest BCUT2D eigenvalue weighted by atomic mass is 19.4. The number of pyridine rings is 1. The van der Waals surface area contributed by atoms with E-state index < -0.39 is 17.3 Å². The number of hydrogen-bond acceptors (Lipinski definition) is 3. The lowest BCUT2D eigenvalue weighted by Gasteiger charge is -2.41. The monoisotopic (exact) mass is 340 g/mol. The molecule has 0 saturated heterocycles. The number of anilines is 1. The molecule has 132 valence electrons. The summed E-state index contributed by atoms with van der Waals surface area (Å²) in [5.74, 6) is 0. The molecule has 0 aliphatic heterocycles. The molecule has 0 fully saturated rings. The van der Waals surface area contributed by atoms with Gasteiger partial charge in [-0.15, -0.1) is 0 Å². The van der Waals surface area contributed by atoms with Crippen molar-refractivity contribution in [3.63, 3.8) is 0 Å². The highest BCUT2D eigenvalue weighted by Gasteiger charge is 2.37. The van der Waals surface area contributed by atoms with Gasteiger partial charge in [-0.25, -0.2) is 0 Å². The van der Waals surface area contributed by atoms with Gasteiger partial charge in [0.15, 0.2) is 0 Å². The van der Waals surface area contributed by atoms with Gasteiger partial charge in [0.05, 0.1) is 22.4 Å². The van der Waals surface area contributed by atoms with Crippen LogP contribution in [0.5, 0.6) is 0 Å². The van der Waals surface area contributed by atoms with Gasteiger partial charge in [0.25, 0.3) is 0 Å². The van der Waals surface area contributed by atoms with Gasteiger partial charge in [0, 0.05) is 18.6 Å². The molecule has 0 saturated carbocycles. The van der Waals surface area contributed by atoms with Crippen LogP contribution >= 0.6 is 0 Å². The number of hydroxylamine groups is 1. The summed E-state index contributed by atoms with van der Waals surface area (Å²) < 4.78 is 40.2. The molecule has 0 amide bonds. The standard InChI is InChI=1S/C18H23F3N2O/c1-16(2,3)17(4,5)24-23(6)13-10-12-8-7-9-22-15(12)14(11-13)18(19,20)21/h7-11H,1-6H3. The summed E-state index contributed by atoms with van der Waals surface area (Å²) >= 11 is 0. The smallest absolute Gasteiger partial charge is 0.267 e. The number of fused-ring (bicyclic) bond motifs is 1. The van der Waals surface area contributed by atoms with Crippen molar-refractivity contribution in [3.8, 4) is 0 Å². The van der Waals surface area contributed by atoms with E-state index >= 15 is 0 Å². The largest absolute Gasteiger partial charge is 0.418 e. The normalized spacial score (nSPS) is 13.4. The molecule has 2 aromatic rings. The Morgan fingerprint density at radius 1 is 1.04 bits per heavy atom. The SMILES string of the molecule is CN(OC(C)(C)C(C)(C)C)c1cc(C(F)(F)F)c2ncccc2c1. The Balaban J connectivity index is 2.50. The van der Waals surface area contributed by atoms with Gasteiger partial charge in [-0.2, -0.15) is 13.2 Å². The third-order valence-corrected chi connectivity index (χ3v) is 4.53. The first-order chi connectivity index (χ1) is 10.8. The molecule has 1 aromatic heterocycles. The predicted molar refractivity (Wildman–Crippen MR) is 89.8 cm³/mol. The van der Waals surface area contributed by atoms with Crippen LogP contribution < -0.4 is 5.06 Å². The van der Waals surface area contributed by atoms with Crippen molar-refractivity contribution >= 4 is 16.6 Å². The maximum Gasteiger partial charge on any atom is 0.418 e. The zero-order valence-electron chi connectivity index (χ0n) is 14.8. The minimum Gasteiger partial charge on any atom is -0.267 e. The van der Waals surface area contributed by atoms with Crippen LogP contribution in [0.2, 0.25) is 0 Å². The summed E-state index contributed by atoms with van der Waals surface area (Å²) in [7, 11) is 1.62. The van der Waals surface area contributed by atoms with E-state index in [0.717, 1.165) is 6.07 Å². The van der Waals surface area contributed by atoms with Gasteiger partial charge in [0.2, 0.25) is 0 Å². The van der Waals surface area contributed by atoms with Gasteiger partial charge in [-0.1, -0.05) is 26.8 Å². The molecule has 6 heteroatoms. The molecule has 24 heavy (non-hydrogen) atoms. The van der Waals surface area contributed by atoms with Crippen LogP contribution in [0.15, 0.2) is 30.5 Å². The zero-order chi connectivity index (χ0) is 18.3. The van der Waals surface area contributed by atoms with Crippen molar-refractivity contribution in [3.05, 3.63) is 36.0 Å². The lowest BCUT2D eigenvalue weighted by molar-refractivity contribution is -0.136. The predicted octanol–water partition coefficient (Wildman–Crippen LogP) is 5.45. The van der Waals surface area contributed by atoms with Crippen molar-refractivity contribution in [1.82, 2.24) is 4.98 Å². The van der Waals surface area contributed by atoms with E-state index in [0.29, 0.717) is 11.1 Å². The highest BCUT2D eigenvalue weighted by Crippen LogP contribution is 2.39. The topological polar surface area (TPSA) is 25.4 Å². The van der Waals surface area contributed by atoms with Crippen molar-refractivity contribution < 1.29 is 18.0 Å². The Morgan fingerprint density at radius 2 is 1.67 bits per heavy atom. The summed E-state index contributed by atoms with van der Waals surface area (Å²) in [5, 5.41) is 1.82. The Labute approximate surface area is 140 Å². The maximum atomic E-state index is 13.4. The molecule has 0 bridgehead atoms. The molecule has 0 aliphatic rings. The third kappa shape index (κ3) is 3.64. The van der Waals surface area contributed by atoms with E-state index in [2.05, 4.69) is 4.98 Å². The highest BCUT2D eigenvalue weighted by molar-refractivity contribution is 5.86. The van der Waals surface area contributed by atoms with E-state index in [-0.39, 0.29) is 10.9 Å². The first-order valence-corrected chi connectivity index (χ1v) is 7.72. The fourth-order valence-electron chi connectivity index (χ4n) is 2.11. The van der Waals surface area contributed by atoms with Crippen LogP contribution in [-0.2, 0) is 11.0 Å². The molecule has 0 spiro atoms. The van der Waals surface area contributed by atoms with Crippen molar-refractivity contribution in [2.24, 2.45) is 5.41 Å². The second kappa shape index (κ2) is 5.92. The third-order valence-electron chi connectivity index (χ3n) is 4.53. The molecule has 1 aromatic carbocycles. The Kier molecular flexibility index (Phi) is 4.57. The minimum absolute atomic E-state index is 0.0581. The second-order valence-corrected chi connectivity index (χ2v) is 7.42. The lowest BCUT2D eigenvalue weighted by atomic mass is 9.79. The number of alkyl halides is 3. The average molecular weight is 340 g/mol. The van der Waals surface area contributed by atoms with E-state index in [1.165, 1.54) is 11.3 Å². The van der Waals surface area contributed by atoms with Crippen molar-refractivity contribution in [2.45, 2.75) is 46.4 Å². The second-order valence-electron chi connectivity index (χ2n) is 7.42. The molecule has 0 atom stereocenters. The van der Waals surface area contributed by atoms with Gasteiger partial charge < -0.3 is 0 Å². The van der Waals surface area contributed by atoms with Crippen LogP contribution in [0.3, 0.4) is 0 Å². The fourth-order valence-corrected chi connectivity index (χ4v) is 2.11. The molecular weight excluding hydrogens is 317 g/mol. The summed E-state index contributed by atoms with van der Waals surface area (Å²) in [6, 6.07) is 5.96. The van der Waals surface area contributed by atoms with Gasteiger partial charge >= 0.3 is 6.18 Å². The van der Waals surface area contributed by atoms with E-state index in [1.54, 1.807) is 25.2 Å². The summed E-state index contributed by atoms with van der Waals surface area (Å²) in [6.45, 7) is 9.89. The van der Waals surface area contributed by atoms with Crippen LogP contribution in [0, 0.1) is 5.41 Å². The number of aromatic nitrogens is 1. The lowest BCUT2D eigenvalue weighted by Crippen LogP contribution is -2.44. The fraction of sp³-hybridized carbons (Fsp3) is 0.500. The van der Waals surface area contributed by atoms with Crippen molar-refractivity contribution in [1.29, 1.82) is 0 Å². The van der Waals surface area contributed by atoms with Crippen molar-refractivity contribution in [2.75, 3.05) is 12.1 Å². The van der Waals surface area contributed by atoms with E-state index in [4.69, 9.17) is 4.84 Å². The van der Waals surface area contributed by atoms with E-state index in [9.17, 15) is 13.2 Å². The number of benzene rings is 1. The summed E-state index contributed by atoms with van der Waals surface area (Å²) in [6.07, 6.45) is -3.12. The summed E-state index contributed by atoms with van der Waals surface area (Å²) in [5.41, 5.74) is -1.24. The minimum atomic E-state index is -4.48. The zero-order valence-corrected chi connectivity index (χ0v) is 14.8. The Hall–Kier alpha value is -1.82. The average Bonchev–Trinajstić information content (AvgIpc) is 2.43. The van der Waals surface area contributed by atoms with Crippen LogP contribution in [0.4, 0.5) is 18.9 Å². The molecule has 0 unspecified atom stereocenters. The Morgan fingerprint density at radius 3 is 2.21 bits per heavy atom. The molecule has 2 rings (SSSR count). The number of hydrogen-bond donors (Lipinski definition) is 0. The first kappa shape index (κ1) is 18.5. The van der Waals surface area contributed by atoms with E-state index in [1.807, 2.05) is 34.6 Å². The quantitative estimate of drug-likeness (QED) is 0.695. The van der Waals surface area contributed by atoms with Gasteiger partial charge in [0.1, 0.15) is 0 Å². The number of nitrogens with zero attached hydrogens (tertiary/aromatic N) is 2. The number of halogens is 3. The molecule has 0 N–H and O–H groups in total. The van der Waals surface area contributed by atoms with Gasteiger partial charge in [-0.3, -0.25) is 14.9 Å². The molecule has 0 aliphatic carbocycles. The van der Waals surface area contributed by atoms with Crippen LogP contribution in [-0.4, -0.2) is 17.6 Å². The maximum absolute atomic E-state index is 13.4. The molecule has 0 radical (unpaired) electrons.